The summed E-state index contributed by atoms with van der Waals surface area (Å²) in [5, 5.41) is 10.3. The topological polar surface area (TPSA) is 105 Å². The number of carbonyl (C=O) groups is 2. The van der Waals surface area contributed by atoms with E-state index in [9.17, 15) is 9.59 Å². The van der Waals surface area contributed by atoms with Crippen LogP contribution in [-0.2, 0) is 23.2 Å². The molecule has 1 atom stereocenters. The Morgan fingerprint density at radius 3 is 2.76 bits per heavy atom. The van der Waals surface area contributed by atoms with Gasteiger partial charge in [-0.2, -0.15) is 5.10 Å². The van der Waals surface area contributed by atoms with Crippen LogP contribution in [0.5, 0.6) is 0 Å². The van der Waals surface area contributed by atoms with Gasteiger partial charge < -0.3 is 19.5 Å². The van der Waals surface area contributed by atoms with Gasteiger partial charge in [-0.3, -0.25) is 14.7 Å². The lowest BCUT2D eigenvalue weighted by Crippen LogP contribution is -2.40. The van der Waals surface area contributed by atoms with Crippen LogP contribution in [0.2, 0.25) is 0 Å². The highest BCUT2D eigenvalue weighted by Gasteiger charge is 2.30. The largest absolute Gasteiger partial charge is 0.364 e. The zero-order valence-electron chi connectivity index (χ0n) is 19.6. The summed E-state index contributed by atoms with van der Waals surface area (Å²) in [5.74, 6) is 0.583. The molecule has 2 amide bonds. The summed E-state index contributed by atoms with van der Waals surface area (Å²) < 4.78 is 7.77. The average Bonchev–Trinajstić information content (AvgIpc) is 3.61. The first-order chi connectivity index (χ1) is 16.6. The fraction of sp³-hybridized carbons (Fsp3) is 0.520. The minimum Gasteiger partial charge on any atom is -0.364 e. The van der Waals surface area contributed by atoms with Crippen LogP contribution in [0.1, 0.15) is 73.0 Å². The molecule has 9 nitrogen and oxygen atoms in total. The fourth-order valence-electron chi connectivity index (χ4n) is 5.14. The molecule has 0 unspecified atom stereocenters. The summed E-state index contributed by atoms with van der Waals surface area (Å²) in [7, 11) is 1.95. The van der Waals surface area contributed by atoms with Gasteiger partial charge in [0.1, 0.15) is 24.7 Å². The lowest BCUT2D eigenvalue weighted by atomic mass is 9.99. The highest BCUT2D eigenvalue weighted by molar-refractivity contribution is 5.92. The summed E-state index contributed by atoms with van der Waals surface area (Å²) >= 11 is 0. The molecule has 0 bridgehead atoms. The van der Waals surface area contributed by atoms with Gasteiger partial charge in [0.05, 0.1) is 22.8 Å². The van der Waals surface area contributed by atoms with Crippen molar-refractivity contribution in [3.05, 3.63) is 47.5 Å². The number of fused-ring (bicyclic) bond motifs is 1. The molecule has 2 N–H and O–H groups in total. The molecule has 3 heterocycles. The quantitative estimate of drug-likeness (QED) is 0.559. The Hall–Kier alpha value is -3.20. The normalized spacial score (nSPS) is 19.1. The number of likely N-dealkylation sites (tertiary alicyclic amines) is 1. The molecule has 1 saturated heterocycles. The van der Waals surface area contributed by atoms with Gasteiger partial charge in [-0.25, -0.2) is 4.98 Å². The maximum absolute atomic E-state index is 13.1. The number of aromatic amines is 1. The van der Waals surface area contributed by atoms with Crippen molar-refractivity contribution in [2.24, 2.45) is 7.05 Å². The number of imidazole rings is 1. The molecule has 2 aromatic heterocycles. The zero-order chi connectivity index (χ0) is 23.5. The Balaban J connectivity index is 1.20. The van der Waals surface area contributed by atoms with Crippen molar-refractivity contribution in [3.63, 3.8) is 0 Å². The molecule has 1 aliphatic carbocycles. The molecule has 1 aromatic carbocycles. The summed E-state index contributed by atoms with van der Waals surface area (Å²) in [6.07, 6.45) is 7.20. The van der Waals surface area contributed by atoms with Crippen LogP contribution in [0.3, 0.4) is 0 Å². The van der Waals surface area contributed by atoms with Crippen LogP contribution in [0.25, 0.3) is 11.0 Å². The molecule has 0 radical (unpaired) electrons. The Kier molecular flexibility index (Phi) is 6.62. The van der Waals surface area contributed by atoms with E-state index >= 15 is 0 Å². The molecule has 2 aliphatic rings. The summed E-state index contributed by atoms with van der Waals surface area (Å²) in [4.78, 5) is 32.1. The number of nitrogens with one attached hydrogen (secondary N) is 2. The standard InChI is InChI=1S/C25H32N6O3/c1-30-21-11-5-4-10-18(21)27-23(30)15-34-16-24(32)31-13-7-6-12-22(31)19-14-20(29-28-19)25(33)26-17-8-2-3-9-17/h4-5,10-11,14,17,22H,2-3,6-9,12-13,15-16H2,1H3,(H,26,33)(H,28,29)/t22-/m0/s1. The third-order valence-electron chi connectivity index (χ3n) is 7.04. The van der Waals surface area contributed by atoms with Crippen molar-refractivity contribution in [3.8, 4) is 0 Å². The van der Waals surface area contributed by atoms with Crippen LogP contribution in [0.15, 0.2) is 30.3 Å². The monoisotopic (exact) mass is 464 g/mol. The first-order valence-electron chi connectivity index (χ1n) is 12.2. The lowest BCUT2D eigenvalue weighted by Gasteiger charge is -2.35. The fourth-order valence-corrected chi connectivity index (χ4v) is 5.14. The van der Waals surface area contributed by atoms with Crippen LogP contribution in [-0.4, -0.2) is 55.7 Å². The van der Waals surface area contributed by atoms with Gasteiger partial charge >= 0.3 is 0 Å². The SMILES string of the molecule is Cn1c(COCC(=O)N2CCCC[C@H]2c2cc(C(=O)NC3CCCC3)n[nH]2)nc2ccccc21. The van der Waals surface area contributed by atoms with E-state index in [1.807, 2.05) is 40.8 Å². The molecule has 1 aliphatic heterocycles. The zero-order valence-corrected chi connectivity index (χ0v) is 19.6. The van der Waals surface area contributed by atoms with E-state index < -0.39 is 0 Å². The highest BCUT2D eigenvalue weighted by Crippen LogP contribution is 2.30. The Bertz CT molecular complexity index is 1160. The molecule has 180 valence electrons. The van der Waals surface area contributed by atoms with Crippen molar-refractivity contribution >= 4 is 22.8 Å². The first-order valence-corrected chi connectivity index (χ1v) is 12.2. The molecule has 1 saturated carbocycles. The van der Waals surface area contributed by atoms with E-state index in [1.165, 1.54) is 0 Å². The average molecular weight is 465 g/mol. The smallest absolute Gasteiger partial charge is 0.271 e. The second-order valence-electron chi connectivity index (χ2n) is 9.33. The van der Waals surface area contributed by atoms with Crippen LogP contribution < -0.4 is 5.32 Å². The highest BCUT2D eigenvalue weighted by atomic mass is 16.5. The number of benzene rings is 1. The van der Waals surface area contributed by atoms with E-state index in [1.54, 1.807) is 6.07 Å². The van der Waals surface area contributed by atoms with Gasteiger partial charge in [0.2, 0.25) is 5.91 Å². The third-order valence-corrected chi connectivity index (χ3v) is 7.04. The number of rotatable bonds is 7. The van der Waals surface area contributed by atoms with E-state index in [0.717, 1.165) is 67.5 Å². The second-order valence-corrected chi connectivity index (χ2v) is 9.33. The van der Waals surface area contributed by atoms with Crippen LogP contribution in [0, 0.1) is 0 Å². The first kappa shape index (κ1) is 22.6. The van der Waals surface area contributed by atoms with Crippen molar-refractivity contribution in [2.75, 3.05) is 13.2 Å². The Morgan fingerprint density at radius 2 is 1.94 bits per heavy atom. The lowest BCUT2D eigenvalue weighted by molar-refractivity contribution is -0.140. The van der Waals surface area contributed by atoms with Crippen molar-refractivity contribution in [1.82, 2.24) is 30.0 Å². The van der Waals surface area contributed by atoms with Crippen LogP contribution in [0.4, 0.5) is 0 Å². The number of H-pyrrole nitrogens is 1. The molecular weight excluding hydrogens is 432 g/mol. The van der Waals surface area contributed by atoms with E-state index in [-0.39, 0.29) is 37.1 Å². The number of hydrogen-bond donors (Lipinski definition) is 2. The Labute approximate surface area is 198 Å². The van der Waals surface area contributed by atoms with E-state index in [2.05, 4.69) is 20.5 Å². The number of hydrogen-bond acceptors (Lipinski definition) is 5. The number of aryl methyl sites for hydroxylation is 1. The van der Waals surface area contributed by atoms with Crippen LogP contribution >= 0.6 is 0 Å². The van der Waals surface area contributed by atoms with Gasteiger partial charge in [0, 0.05) is 19.6 Å². The van der Waals surface area contributed by atoms with Gasteiger partial charge in [-0.1, -0.05) is 25.0 Å². The van der Waals surface area contributed by atoms with Gasteiger partial charge in [0.15, 0.2) is 0 Å². The minimum absolute atomic E-state index is 0.0110. The minimum atomic E-state index is -0.145. The number of ether oxygens (including phenoxy) is 1. The summed E-state index contributed by atoms with van der Waals surface area (Å²) in [5.41, 5.74) is 3.14. The predicted octanol–water partition coefficient (Wildman–Crippen LogP) is 3.24. The number of piperidine rings is 1. The van der Waals surface area contributed by atoms with Crippen molar-refractivity contribution in [1.29, 1.82) is 0 Å². The van der Waals surface area contributed by atoms with Gasteiger partial charge in [-0.15, -0.1) is 0 Å². The molecule has 0 spiro atoms. The third kappa shape index (κ3) is 4.70. The summed E-state index contributed by atoms with van der Waals surface area (Å²) in [6.45, 7) is 0.926. The molecule has 2 fully saturated rings. The molecule has 5 rings (SSSR count). The van der Waals surface area contributed by atoms with Gasteiger partial charge in [-0.05, 0) is 50.3 Å². The number of nitrogens with zero attached hydrogens (tertiary/aromatic N) is 4. The van der Waals surface area contributed by atoms with E-state index in [0.29, 0.717) is 12.2 Å². The molecule has 34 heavy (non-hydrogen) atoms. The summed E-state index contributed by atoms with van der Waals surface area (Å²) in [6, 6.07) is 9.83. The van der Waals surface area contributed by atoms with E-state index in [4.69, 9.17) is 4.74 Å². The molecule has 9 heteroatoms. The number of aromatic nitrogens is 4. The van der Waals surface area contributed by atoms with Crippen molar-refractivity contribution < 1.29 is 14.3 Å². The number of carbonyl (C=O) groups excluding carboxylic acids is 2. The number of para-hydroxylation sites is 2. The predicted molar refractivity (Wildman–Crippen MR) is 127 cm³/mol. The molecular formula is C25H32N6O3. The number of amides is 2. The van der Waals surface area contributed by atoms with Crippen molar-refractivity contribution in [2.45, 2.75) is 63.6 Å². The maximum Gasteiger partial charge on any atom is 0.271 e. The maximum atomic E-state index is 13.1. The Morgan fingerprint density at radius 1 is 1.15 bits per heavy atom. The molecule has 3 aromatic rings. The second kappa shape index (κ2) is 9.97. The van der Waals surface area contributed by atoms with Gasteiger partial charge in [0.25, 0.3) is 5.91 Å².